The van der Waals surface area contributed by atoms with E-state index in [1.165, 1.54) is 12.1 Å². The van der Waals surface area contributed by atoms with Crippen molar-refractivity contribution in [2.75, 3.05) is 0 Å². The van der Waals surface area contributed by atoms with E-state index in [9.17, 15) is 4.39 Å². The number of aromatic hydroxyl groups is 1. The van der Waals surface area contributed by atoms with Gasteiger partial charge in [0.2, 0.25) is 0 Å². The smallest absolute Gasteiger partial charge is 0.165 e. The van der Waals surface area contributed by atoms with E-state index in [0.717, 1.165) is 0 Å². The van der Waals surface area contributed by atoms with Crippen molar-refractivity contribution in [2.24, 2.45) is 5.73 Å². The second-order valence-electron chi connectivity index (χ2n) is 3.58. The molecule has 1 rings (SSSR count). The highest BCUT2D eigenvalue weighted by atomic mass is 19.1. The van der Waals surface area contributed by atoms with Crippen molar-refractivity contribution in [3.8, 4) is 5.75 Å². The summed E-state index contributed by atoms with van der Waals surface area (Å²) in [6.07, 6.45) is 2.24. The average Bonchev–Trinajstić information content (AvgIpc) is 2.09. The monoisotopic (exact) mass is 195 g/mol. The number of phenols is 1. The number of phenolic OH excluding ortho intramolecular Hbond substituents is 1. The highest BCUT2D eigenvalue weighted by Crippen LogP contribution is 2.25. The third-order valence-electron chi connectivity index (χ3n) is 2.18. The maximum Gasteiger partial charge on any atom is 0.165 e. The Morgan fingerprint density at radius 1 is 1.64 bits per heavy atom. The Morgan fingerprint density at radius 3 is 2.79 bits per heavy atom. The summed E-state index contributed by atoms with van der Waals surface area (Å²) in [4.78, 5) is 0. The molecule has 1 aromatic carbocycles. The molecular weight excluding hydrogens is 181 g/mol. The molecule has 0 saturated heterocycles. The molecule has 0 amide bonds. The van der Waals surface area contributed by atoms with Gasteiger partial charge in [-0.2, -0.15) is 0 Å². The molecule has 0 aliphatic carbocycles. The van der Waals surface area contributed by atoms with Gasteiger partial charge in [-0.3, -0.25) is 0 Å². The van der Waals surface area contributed by atoms with E-state index in [0.29, 0.717) is 12.0 Å². The normalized spacial score (nSPS) is 14.8. The fourth-order valence-electron chi connectivity index (χ4n) is 1.28. The molecule has 0 bridgehead atoms. The van der Waals surface area contributed by atoms with Crippen LogP contribution in [0.15, 0.2) is 30.9 Å². The average molecular weight is 195 g/mol. The van der Waals surface area contributed by atoms with Crippen LogP contribution in [0, 0.1) is 5.82 Å². The lowest BCUT2D eigenvalue weighted by atomic mass is 9.90. The van der Waals surface area contributed by atoms with Gasteiger partial charge in [-0.05, 0) is 31.0 Å². The number of hydrogen-bond donors (Lipinski definition) is 2. The maximum atomic E-state index is 13.0. The fourth-order valence-corrected chi connectivity index (χ4v) is 1.28. The minimum atomic E-state index is -0.650. The van der Waals surface area contributed by atoms with Gasteiger partial charge in [0.1, 0.15) is 0 Å². The lowest BCUT2D eigenvalue weighted by Crippen LogP contribution is -2.32. The first-order valence-corrected chi connectivity index (χ1v) is 4.36. The minimum Gasteiger partial charge on any atom is -0.505 e. The van der Waals surface area contributed by atoms with Crippen molar-refractivity contribution in [1.29, 1.82) is 0 Å². The van der Waals surface area contributed by atoms with Crippen LogP contribution in [0.4, 0.5) is 4.39 Å². The summed E-state index contributed by atoms with van der Waals surface area (Å²) in [6, 6.07) is 4.17. The Balaban J connectivity index is 3.07. The molecule has 0 aliphatic rings. The first kappa shape index (κ1) is 10.7. The Labute approximate surface area is 82.9 Å². The molecule has 3 heteroatoms. The zero-order valence-corrected chi connectivity index (χ0v) is 8.13. The molecule has 0 unspecified atom stereocenters. The summed E-state index contributed by atoms with van der Waals surface area (Å²) in [5.74, 6) is -1.01. The Morgan fingerprint density at radius 2 is 2.29 bits per heavy atom. The Hall–Kier alpha value is -1.35. The molecular formula is C11H14FNO. The molecule has 0 saturated carbocycles. The molecule has 76 valence electrons. The minimum absolute atomic E-state index is 0.358. The van der Waals surface area contributed by atoms with Crippen LogP contribution in [0.5, 0.6) is 5.75 Å². The van der Waals surface area contributed by atoms with Gasteiger partial charge < -0.3 is 10.8 Å². The summed E-state index contributed by atoms with van der Waals surface area (Å²) in [6.45, 7) is 5.38. The van der Waals surface area contributed by atoms with Crippen molar-refractivity contribution < 1.29 is 9.50 Å². The molecule has 1 aromatic rings. The van der Waals surface area contributed by atoms with E-state index in [2.05, 4.69) is 6.58 Å². The van der Waals surface area contributed by atoms with Gasteiger partial charge in [0.25, 0.3) is 0 Å². The van der Waals surface area contributed by atoms with Crippen molar-refractivity contribution in [3.63, 3.8) is 0 Å². The van der Waals surface area contributed by atoms with E-state index in [1.807, 2.05) is 0 Å². The van der Waals surface area contributed by atoms with Crippen LogP contribution < -0.4 is 5.73 Å². The predicted octanol–water partition coefficient (Wildman–Crippen LogP) is 2.28. The molecule has 1 atom stereocenters. The number of nitrogens with two attached hydrogens (primary N) is 1. The molecule has 2 nitrogen and oxygen atoms in total. The number of rotatable bonds is 3. The standard InChI is InChI=1S/C11H14FNO/c1-3-6-11(2,13)8-4-5-10(14)9(12)7-8/h3-5,7,14H,1,6,13H2,2H3/t11-/m1/s1. The zero-order chi connectivity index (χ0) is 10.8. The van der Waals surface area contributed by atoms with Crippen LogP contribution in [0.2, 0.25) is 0 Å². The number of hydrogen-bond acceptors (Lipinski definition) is 2. The number of benzene rings is 1. The lowest BCUT2D eigenvalue weighted by molar-refractivity contribution is 0.427. The third kappa shape index (κ3) is 2.12. The van der Waals surface area contributed by atoms with Crippen molar-refractivity contribution in [1.82, 2.24) is 0 Å². The zero-order valence-electron chi connectivity index (χ0n) is 8.13. The first-order chi connectivity index (χ1) is 6.47. The lowest BCUT2D eigenvalue weighted by Gasteiger charge is -2.23. The van der Waals surface area contributed by atoms with Gasteiger partial charge in [0, 0.05) is 5.54 Å². The van der Waals surface area contributed by atoms with Gasteiger partial charge in [-0.15, -0.1) is 6.58 Å². The van der Waals surface area contributed by atoms with Crippen molar-refractivity contribution in [2.45, 2.75) is 18.9 Å². The summed E-state index contributed by atoms with van der Waals surface area (Å²) in [5.41, 5.74) is 5.95. The highest BCUT2D eigenvalue weighted by molar-refractivity contribution is 5.32. The quantitative estimate of drug-likeness (QED) is 0.727. The Kier molecular flexibility index (Phi) is 2.91. The van der Waals surface area contributed by atoms with Gasteiger partial charge in [-0.25, -0.2) is 4.39 Å². The fraction of sp³-hybridized carbons (Fsp3) is 0.273. The van der Waals surface area contributed by atoms with E-state index in [4.69, 9.17) is 10.8 Å². The molecule has 0 radical (unpaired) electrons. The third-order valence-corrected chi connectivity index (χ3v) is 2.18. The van der Waals surface area contributed by atoms with Crippen molar-refractivity contribution in [3.05, 3.63) is 42.2 Å². The van der Waals surface area contributed by atoms with E-state index in [1.54, 1.807) is 19.1 Å². The van der Waals surface area contributed by atoms with Gasteiger partial charge in [0.15, 0.2) is 11.6 Å². The van der Waals surface area contributed by atoms with Crippen LogP contribution in [0.3, 0.4) is 0 Å². The largest absolute Gasteiger partial charge is 0.505 e. The molecule has 0 aromatic heterocycles. The summed E-state index contributed by atoms with van der Waals surface area (Å²) >= 11 is 0. The second kappa shape index (κ2) is 3.80. The molecule has 0 spiro atoms. The Bertz CT molecular complexity index is 347. The molecule has 14 heavy (non-hydrogen) atoms. The van der Waals surface area contributed by atoms with E-state index < -0.39 is 11.4 Å². The topological polar surface area (TPSA) is 46.2 Å². The van der Waals surface area contributed by atoms with E-state index >= 15 is 0 Å². The number of halogens is 1. The van der Waals surface area contributed by atoms with Gasteiger partial charge in [0.05, 0.1) is 0 Å². The van der Waals surface area contributed by atoms with Crippen LogP contribution in [-0.4, -0.2) is 5.11 Å². The summed E-state index contributed by atoms with van der Waals surface area (Å²) < 4.78 is 13.0. The molecule has 0 aliphatic heterocycles. The van der Waals surface area contributed by atoms with Crippen LogP contribution >= 0.6 is 0 Å². The maximum absolute atomic E-state index is 13.0. The SMILES string of the molecule is C=CC[C@@](C)(N)c1ccc(O)c(F)c1. The second-order valence-corrected chi connectivity index (χ2v) is 3.58. The molecule has 3 N–H and O–H groups in total. The summed E-state index contributed by atoms with van der Waals surface area (Å²) in [7, 11) is 0. The molecule has 0 fully saturated rings. The van der Waals surface area contributed by atoms with Crippen LogP contribution in [0.25, 0.3) is 0 Å². The van der Waals surface area contributed by atoms with Gasteiger partial charge >= 0.3 is 0 Å². The first-order valence-electron chi connectivity index (χ1n) is 4.36. The van der Waals surface area contributed by atoms with Gasteiger partial charge in [-0.1, -0.05) is 12.1 Å². The van der Waals surface area contributed by atoms with Crippen LogP contribution in [-0.2, 0) is 5.54 Å². The highest BCUT2D eigenvalue weighted by Gasteiger charge is 2.20. The van der Waals surface area contributed by atoms with E-state index in [-0.39, 0.29) is 5.75 Å². The molecule has 0 heterocycles. The summed E-state index contributed by atoms with van der Waals surface area (Å²) in [5, 5.41) is 9.00. The van der Waals surface area contributed by atoms with Crippen molar-refractivity contribution >= 4 is 0 Å². The predicted molar refractivity (Wildman–Crippen MR) is 54.4 cm³/mol. The van der Waals surface area contributed by atoms with Crippen LogP contribution in [0.1, 0.15) is 18.9 Å².